The number of anilines is 1. The van der Waals surface area contributed by atoms with Gasteiger partial charge in [0.25, 0.3) is 0 Å². The van der Waals surface area contributed by atoms with Gasteiger partial charge in [-0.3, -0.25) is 4.79 Å². The third-order valence-electron chi connectivity index (χ3n) is 6.22. The molecule has 1 amide bonds. The number of hydrogen-bond donors (Lipinski definition) is 0. The summed E-state index contributed by atoms with van der Waals surface area (Å²) in [4.78, 5) is 27.0. The van der Waals surface area contributed by atoms with Gasteiger partial charge in [-0.1, -0.05) is 37.3 Å². The topological polar surface area (TPSA) is 49.3 Å². The summed E-state index contributed by atoms with van der Waals surface area (Å²) >= 11 is 0. The highest BCUT2D eigenvalue weighted by Gasteiger charge is 2.48. The number of carbonyl (C=O) groups excluding carboxylic acids is 1. The molecule has 0 radical (unpaired) electrons. The SMILES string of the molecule is CCc1nc(C)cc(N2CCC3(CCCN(CCc4ccccc4)C3=O)C2)n1. The van der Waals surface area contributed by atoms with Crippen LogP contribution >= 0.6 is 0 Å². The number of benzene rings is 1. The molecule has 2 saturated heterocycles. The van der Waals surface area contributed by atoms with Crippen molar-refractivity contribution in [3.05, 3.63) is 53.5 Å². The van der Waals surface area contributed by atoms with Gasteiger partial charge in [0.15, 0.2) is 0 Å². The van der Waals surface area contributed by atoms with Gasteiger partial charge in [0.1, 0.15) is 11.6 Å². The molecule has 148 valence electrons. The maximum atomic E-state index is 13.4. The average Bonchev–Trinajstić information content (AvgIpc) is 3.14. The zero-order valence-corrected chi connectivity index (χ0v) is 17.0. The minimum absolute atomic E-state index is 0.236. The molecule has 0 bridgehead atoms. The molecule has 2 aliphatic rings. The molecular formula is C23H30N4O. The van der Waals surface area contributed by atoms with Crippen LogP contribution in [-0.4, -0.2) is 47.0 Å². The fourth-order valence-corrected chi connectivity index (χ4v) is 4.65. The van der Waals surface area contributed by atoms with E-state index in [1.165, 1.54) is 5.56 Å². The van der Waals surface area contributed by atoms with Crippen molar-refractivity contribution in [1.29, 1.82) is 0 Å². The molecule has 2 aromatic rings. The summed E-state index contributed by atoms with van der Waals surface area (Å²) in [5.74, 6) is 2.21. The van der Waals surface area contributed by atoms with Gasteiger partial charge >= 0.3 is 0 Å². The zero-order chi connectivity index (χ0) is 19.6. The van der Waals surface area contributed by atoms with Crippen LogP contribution in [0.25, 0.3) is 0 Å². The molecule has 28 heavy (non-hydrogen) atoms. The largest absolute Gasteiger partial charge is 0.355 e. The number of hydrogen-bond acceptors (Lipinski definition) is 4. The lowest BCUT2D eigenvalue weighted by Crippen LogP contribution is -2.50. The minimum Gasteiger partial charge on any atom is -0.355 e. The normalized spacial score (nSPS) is 22.3. The van der Waals surface area contributed by atoms with E-state index in [1.54, 1.807) is 0 Å². The highest BCUT2D eigenvalue weighted by atomic mass is 16.2. The number of nitrogens with zero attached hydrogens (tertiary/aromatic N) is 4. The van der Waals surface area contributed by atoms with Crippen molar-refractivity contribution in [2.24, 2.45) is 5.41 Å². The fourth-order valence-electron chi connectivity index (χ4n) is 4.65. The van der Waals surface area contributed by atoms with Gasteiger partial charge in [-0.05, 0) is 38.2 Å². The Labute approximate surface area is 167 Å². The van der Waals surface area contributed by atoms with Crippen molar-refractivity contribution < 1.29 is 4.79 Å². The fraction of sp³-hybridized carbons (Fsp3) is 0.522. The smallest absolute Gasteiger partial charge is 0.230 e. The van der Waals surface area contributed by atoms with Crippen LogP contribution in [0.3, 0.4) is 0 Å². The lowest BCUT2D eigenvalue weighted by Gasteiger charge is -2.39. The summed E-state index contributed by atoms with van der Waals surface area (Å²) in [5.41, 5.74) is 2.06. The Morgan fingerprint density at radius 3 is 2.71 bits per heavy atom. The Bertz CT molecular complexity index is 838. The van der Waals surface area contributed by atoms with Gasteiger partial charge < -0.3 is 9.80 Å². The summed E-state index contributed by atoms with van der Waals surface area (Å²) in [6.45, 7) is 7.49. The van der Waals surface area contributed by atoms with Crippen molar-refractivity contribution in [2.75, 3.05) is 31.1 Å². The van der Waals surface area contributed by atoms with Crippen LogP contribution in [0.1, 0.15) is 43.3 Å². The van der Waals surface area contributed by atoms with E-state index in [-0.39, 0.29) is 5.41 Å². The number of rotatable bonds is 5. The third kappa shape index (κ3) is 3.75. The molecule has 1 unspecified atom stereocenters. The summed E-state index contributed by atoms with van der Waals surface area (Å²) in [7, 11) is 0. The summed E-state index contributed by atoms with van der Waals surface area (Å²) in [5, 5.41) is 0. The number of piperidine rings is 1. The maximum Gasteiger partial charge on any atom is 0.230 e. The molecule has 0 N–H and O–H groups in total. The predicted octanol–water partition coefficient (Wildman–Crippen LogP) is 3.41. The number of likely N-dealkylation sites (tertiary alicyclic amines) is 1. The first kappa shape index (κ1) is 18.9. The number of aryl methyl sites for hydroxylation is 2. The van der Waals surface area contributed by atoms with E-state index in [1.807, 2.05) is 13.0 Å². The van der Waals surface area contributed by atoms with E-state index >= 15 is 0 Å². The first-order valence-electron chi connectivity index (χ1n) is 10.5. The minimum atomic E-state index is -0.236. The van der Waals surface area contributed by atoms with E-state index in [9.17, 15) is 4.79 Å². The molecule has 1 spiro atoms. The molecule has 2 fully saturated rings. The highest BCUT2D eigenvalue weighted by molar-refractivity contribution is 5.85. The van der Waals surface area contributed by atoms with Gasteiger partial charge in [0, 0.05) is 44.4 Å². The van der Waals surface area contributed by atoms with Crippen LogP contribution in [0.4, 0.5) is 5.82 Å². The highest BCUT2D eigenvalue weighted by Crippen LogP contribution is 2.41. The van der Waals surface area contributed by atoms with Crippen LogP contribution in [0.2, 0.25) is 0 Å². The van der Waals surface area contributed by atoms with E-state index in [0.717, 1.165) is 75.6 Å². The van der Waals surface area contributed by atoms with E-state index in [2.05, 4.69) is 52.0 Å². The molecule has 2 aliphatic heterocycles. The van der Waals surface area contributed by atoms with E-state index in [0.29, 0.717) is 5.91 Å². The molecule has 1 aromatic carbocycles. The van der Waals surface area contributed by atoms with Crippen molar-refractivity contribution in [3.63, 3.8) is 0 Å². The maximum absolute atomic E-state index is 13.4. The Morgan fingerprint density at radius 1 is 1.11 bits per heavy atom. The third-order valence-corrected chi connectivity index (χ3v) is 6.22. The van der Waals surface area contributed by atoms with Crippen molar-refractivity contribution in [1.82, 2.24) is 14.9 Å². The van der Waals surface area contributed by atoms with Gasteiger partial charge in [-0.2, -0.15) is 0 Å². The Balaban J connectivity index is 1.46. The van der Waals surface area contributed by atoms with Gasteiger partial charge in [0.05, 0.1) is 5.41 Å². The van der Waals surface area contributed by atoms with Crippen LogP contribution in [0.15, 0.2) is 36.4 Å². The number of amides is 1. The van der Waals surface area contributed by atoms with Crippen molar-refractivity contribution >= 4 is 11.7 Å². The van der Waals surface area contributed by atoms with Gasteiger partial charge in [-0.25, -0.2) is 9.97 Å². The monoisotopic (exact) mass is 378 g/mol. The second kappa shape index (κ2) is 7.90. The Hall–Kier alpha value is -2.43. The number of aromatic nitrogens is 2. The molecular weight excluding hydrogens is 348 g/mol. The molecule has 1 aromatic heterocycles. The first-order valence-corrected chi connectivity index (χ1v) is 10.5. The lowest BCUT2D eigenvalue weighted by molar-refractivity contribution is -0.144. The Kier molecular flexibility index (Phi) is 5.33. The number of carbonyl (C=O) groups is 1. The predicted molar refractivity (Wildman–Crippen MR) is 111 cm³/mol. The quantitative estimate of drug-likeness (QED) is 0.800. The summed E-state index contributed by atoms with van der Waals surface area (Å²) in [6, 6.07) is 12.5. The van der Waals surface area contributed by atoms with Crippen LogP contribution in [-0.2, 0) is 17.6 Å². The summed E-state index contributed by atoms with van der Waals surface area (Å²) < 4.78 is 0. The van der Waals surface area contributed by atoms with Gasteiger partial charge in [0.2, 0.25) is 5.91 Å². The standard InChI is InChI=1S/C23H30N4O/c1-3-20-24-18(2)16-21(25-20)27-15-12-23(17-27)11-7-13-26(22(23)28)14-10-19-8-5-4-6-9-19/h4-6,8-9,16H,3,7,10-15,17H2,1-2H3. The molecule has 4 rings (SSSR count). The lowest BCUT2D eigenvalue weighted by atomic mass is 9.78. The first-order chi connectivity index (χ1) is 13.6. The molecule has 5 nitrogen and oxygen atoms in total. The summed E-state index contributed by atoms with van der Waals surface area (Å²) in [6.07, 6.45) is 4.78. The molecule has 5 heteroatoms. The van der Waals surface area contributed by atoms with Crippen LogP contribution in [0.5, 0.6) is 0 Å². The van der Waals surface area contributed by atoms with Gasteiger partial charge in [-0.15, -0.1) is 0 Å². The second-order valence-corrected chi connectivity index (χ2v) is 8.22. The van der Waals surface area contributed by atoms with Crippen LogP contribution in [0, 0.1) is 12.3 Å². The molecule has 0 saturated carbocycles. The second-order valence-electron chi connectivity index (χ2n) is 8.22. The average molecular weight is 379 g/mol. The van der Waals surface area contributed by atoms with Crippen molar-refractivity contribution in [3.8, 4) is 0 Å². The van der Waals surface area contributed by atoms with E-state index in [4.69, 9.17) is 4.98 Å². The van der Waals surface area contributed by atoms with Crippen LogP contribution < -0.4 is 4.90 Å². The molecule has 3 heterocycles. The van der Waals surface area contributed by atoms with Crippen molar-refractivity contribution in [2.45, 2.75) is 46.0 Å². The molecule has 1 atom stereocenters. The zero-order valence-electron chi connectivity index (χ0n) is 17.0. The Morgan fingerprint density at radius 2 is 1.93 bits per heavy atom. The van der Waals surface area contributed by atoms with E-state index < -0.39 is 0 Å². The molecule has 0 aliphatic carbocycles.